The van der Waals surface area contributed by atoms with Gasteiger partial charge in [-0.05, 0) is 43.0 Å². The number of methoxy groups -OCH3 is 1. The third kappa shape index (κ3) is 3.40. The molecule has 2 heterocycles. The van der Waals surface area contributed by atoms with Crippen LogP contribution in [0, 0.1) is 6.92 Å². The first-order valence-electron chi connectivity index (χ1n) is 9.02. The molecule has 0 unspecified atom stereocenters. The number of benzene rings is 2. The molecule has 1 aliphatic rings. The number of carbonyl (C=O) groups is 1. The maximum Gasteiger partial charge on any atom is 0.247 e. The van der Waals surface area contributed by atoms with E-state index >= 15 is 0 Å². The van der Waals surface area contributed by atoms with E-state index in [0.29, 0.717) is 22.4 Å². The van der Waals surface area contributed by atoms with E-state index in [1.165, 1.54) is 18.7 Å². The minimum atomic E-state index is -0.703. The maximum absolute atomic E-state index is 12.7. The second-order valence-electron chi connectivity index (χ2n) is 6.56. The number of anilines is 1. The molecular formula is C21H20N4O3S. The van der Waals surface area contributed by atoms with Crippen molar-refractivity contribution in [3.63, 3.8) is 0 Å². The van der Waals surface area contributed by atoms with Crippen LogP contribution in [-0.2, 0) is 4.79 Å². The fraction of sp³-hybridized carbons (Fsp3) is 0.238. The van der Waals surface area contributed by atoms with Crippen molar-refractivity contribution in [3.8, 4) is 22.9 Å². The van der Waals surface area contributed by atoms with Gasteiger partial charge in [0, 0.05) is 18.1 Å². The van der Waals surface area contributed by atoms with E-state index in [4.69, 9.17) is 9.47 Å². The number of fused-ring (bicyclic) bond motifs is 3. The highest BCUT2D eigenvalue weighted by Gasteiger charge is 2.34. The van der Waals surface area contributed by atoms with Crippen LogP contribution in [0.1, 0.15) is 24.3 Å². The Labute approximate surface area is 173 Å². The number of amides is 1. The molecule has 1 aliphatic heterocycles. The summed E-state index contributed by atoms with van der Waals surface area (Å²) in [7, 11) is 1.63. The van der Waals surface area contributed by atoms with Crippen molar-refractivity contribution in [2.45, 2.75) is 25.2 Å². The number of para-hydroxylation sites is 1. The zero-order valence-electron chi connectivity index (χ0n) is 16.5. The summed E-state index contributed by atoms with van der Waals surface area (Å²) < 4.78 is 11.7. The van der Waals surface area contributed by atoms with Gasteiger partial charge in [-0.15, -0.1) is 10.2 Å². The zero-order chi connectivity index (χ0) is 20.5. The molecule has 0 saturated carbocycles. The minimum Gasteiger partial charge on any atom is -0.496 e. The fourth-order valence-corrected chi connectivity index (χ4v) is 3.71. The molecule has 0 saturated heterocycles. The van der Waals surface area contributed by atoms with Crippen molar-refractivity contribution in [3.05, 3.63) is 53.6 Å². The number of ether oxygens (including phenoxy) is 2. The number of hydrogen-bond acceptors (Lipinski definition) is 7. The fourth-order valence-electron chi connectivity index (χ4n) is 3.41. The van der Waals surface area contributed by atoms with E-state index in [2.05, 4.69) is 15.2 Å². The average molecular weight is 408 g/mol. The molecule has 0 bridgehead atoms. The molecule has 148 valence electrons. The van der Waals surface area contributed by atoms with Crippen LogP contribution in [0.25, 0.3) is 11.3 Å². The molecule has 3 aromatic rings. The number of thioether (sulfide) groups is 1. The van der Waals surface area contributed by atoms with Crippen molar-refractivity contribution in [2.75, 3.05) is 18.3 Å². The lowest BCUT2D eigenvalue weighted by Crippen LogP contribution is -2.36. The van der Waals surface area contributed by atoms with Gasteiger partial charge < -0.3 is 9.47 Å². The maximum atomic E-state index is 12.7. The van der Waals surface area contributed by atoms with Gasteiger partial charge in [0.2, 0.25) is 23.2 Å². The molecule has 1 aromatic heterocycles. The predicted molar refractivity (Wildman–Crippen MR) is 111 cm³/mol. The van der Waals surface area contributed by atoms with Gasteiger partial charge in [-0.2, -0.15) is 4.98 Å². The summed E-state index contributed by atoms with van der Waals surface area (Å²) in [6.45, 7) is 3.47. The van der Waals surface area contributed by atoms with Gasteiger partial charge in [0.15, 0.2) is 5.69 Å². The van der Waals surface area contributed by atoms with Crippen molar-refractivity contribution in [1.29, 1.82) is 0 Å². The van der Waals surface area contributed by atoms with Gasteiger partial charge in [0.05, 0.1) is 12.8 Å². The van der Waals surface area contributed by atoms with Crippen molar-refractivity contribution < 1.29 is 14.3 Å². The molecule has 7 nitrogen and oxygen atoms in total. The van der Waals surface area contributed by atoms with E-state index in [-0.39, 0.29) is 5.91 Å². The van der Waals surface area contributed by atoms with Crippen LogP contribution in [0.15, 0.2) is 47.6 Å². The van der Waals surface area contributed by atoms with Gasteiger partial charge in [0.1, 0.15) is 5.75 Å². The smallest absolute Gasteiger partial charge is 0.247 e. The summed E-state index contributed by atoms with van der Waals surface area (Å²) in [4.78, 5) is 18.9. The Kier molecular flexibility index (Phi) is 5.10. The summed E-state index contributed by atoms with van der Waals surface area (Å²) in [5.41, 5.74) is 3.71. The van der Waals surface area contributed by atoms with Crippen molar-refractivity contribution >= 4 is 23.4 Å². The largest absolute Gasteiger partial charge is 0.496 e. The first kappa shape index (κ1) is 19.2. The molecule has 0 N–H and O–H groups in total. The molecule has 1 amide bonds. The summed E-state index contributed by atoms with van der Waals surface area (Å²) in [6, 6.07) is 13.3. The molecule has 29 heavy (non-hydrogen) atoms. The molecule has 0 radical (unpaired) electrons. The van der Waals surface area contributed by atoms with E-state index in [0.717, 1.165) is 22.4 Å². The van der Waals surface area contributed by atoms with Gasteiger partial charge >= 0.3 is 0 Å². The molecule has 8 heteroatoms. The van der Waals surface area contributed by atoms with Crippen LogP contribution >= 0.6 is 11.8 Å². The second-order valence-corrected chi connectivity index (χ2v) is 7.33. The molecule has 2 aromatic carbocycles. The molecular weight excluding hydrogens is 388 g/mol. The lowest BCUT2D eigenvalue weighted by molar-refractivity contribution is -0.118. The number of aromatic nitrogens is 3. The monoisotopic (exact) mass is 408 g/mol. The Bertz CT molecular complexity index is 1090. The molecule has 0 spiro atoms. The number of nitrogens with zero attached hydrogens (tertiary/aromatic N) is 4. The zero-order valence-corrected chi connectivity index (χ0v) is 17.4. The highest BCUT2D eigenvalue weighted by Crippen LogP contribution is 2.43. The first-order chi connectivity index (χ1) is 14.0. The summed E-state index contributed by atoms with van der Waals surface area (Å²) in [5.74, 6) is 0.965. The summed E-state index contributed by atoms with van der Waals surface area (Å²) in [5, 5.41) is 9.00. The highest BCUT2D eigenvalue weighted by atomic mass is 32.2. The molecule has 0 aliphatic carbocycles. The lowest BCUT2D eigenvalue weighted by atomic mass is 10.1. The summed E-state index contributed by atoms with van der Waals surface area (Å²) in [6.07, 6.45) is 1.17. The Morgan fingerprint density at radius 1 is 1.21 bits per heavy atom. The third-order valence-electron chi connectivity index (χ3n) is 4.74. The van der Waals surface area contributed by atoms with E-state index in [9.17, 15) is 4.79 Å². The Morgan fingerprint density at radius 3 is 2.69 bits per heavy atom. The third-order valence-corrected chi connectivity index (χ3v) is 5.28. The molecule has 1 atom stereocenters. The van der Waals surface area contributed by atoms with E-state index in [1.54, 1.807) is 12.0 Å². The van der Waals surface area contributed by atoms with Crippen LogP contribution in [0.4, 0.5) is 5.69 Å². The van der Waals surface area contributed by atoms with E-state index in [1.807, 2.05) is 55.6 Å². The van der Waals surface area contributed by atoms with Crippen molar-refractivity contribution in [2.24, 2.45) is 0 Å². The quantitative estimate of drug-likeness (QED) is 0.606. The Hall–Kier alpha value is -3.13. The van der Waals surface area contributed by atoms with Gasteiger partial charge in [-0.3, -0.25) is 9.69 Å². The second kappa shape index (κ2) is 7.71. The average Bonchev–Trinajstić information content (AvgIpc) is 2.87. The van der Waals surface area contributed by atoms with Gasteiger partial charge in [-0.1, -0.05) is 30.0 Å². The van der Waals surface area contributed by atoms with Crippen molar-refractivity contribution in [1.82, 2.24) is 15.2 Å². The number of hydrogen-bond donors (Lipinski definition) is 0. The van der Waals surface area contributed by atoms with Crippen LogP contribution in [0.5, 0.6) is 11.6 Å². The molecule has 0 fully saturated rings. The Morgan fingerprint density at radius 2 is 2.00 bits per heavy atom. The first-order valence-corrected chi connectivity index (χ1v) is 10.2. The van der Waals surface area contributed by atoms with E-state index < -0.39 is 6.23 Å². The van der Waals surface area contributed by atoms with Crippen LogP contribution in [-0.4, -0.2) is 34.5 Å². The SMILES string of the molecule is COc1ccc([C@@H]2Oc3nc(SC)nnc3-c3ccccc3N2C(C)=O)cc1C. The van der Waals surface area contributed by atoms with Crippen LogP contribution < -0.4 is 14.4 Å². The highest BCUT2D eigenvalue weighted by molar-refractivity contribution is 7.98. The standard InChI is InChI=1S/C21H20N4O3S/c1-12-11-14(9-10-17(12)27-3)20-25(13(2)26)16-8-6-5-7-15(16)18-19(28-20)22-21(29-4)24-23-18/h5-11,20H,1-4H3/t20-/m0/s1. The minimum absolute atomic E-state index is 0.151. The van der Waals surface area contributed by atoms with Gasteiger partial charge in [-0.25, -0.2) is 0 Å². The predicted octanol–water partition coefficient (Wildman–Crippen LogP) is 4.02. The number of carbonyl (C=O) groups excluding carboxylic acids is 1. The number of rotatable bonds is 3. The normalized spacial score (nSPS) is 15.0. The number of aryl methyl sites for hydroxylation is 1. The summed E-state index contributed by atoms with van der Waals surface area (Å²) >= 11 is 1.38. The topological polar surface area (TPSA) is 77.4 Å². The lowest BCUT2D eigenvalue weighted by Gasteiger charge is -2.30. The van der Waals surface area contributed by atoms with Crippen LogP contribution in [0.2, 0.25) is 0 Å². The van der Waals surface area contributed by atoms with Gasteiger partial charge in [0.25, 0.3) is 0 Å². The Balaban J connectivity index is 1.95. The molecule has 4 rings (SSSR count). The van der Waals surface area contributed by atoms with Crippen LogP contribution in [0.3, 0.4) is 0 Å².